The summed E-state index contributed by atoms with van der Waals surface area (Å²) in [4.78, 5) is 14.1. The van der Waals surface area contributed by atoms with Gasteiger partial charge < -0.3 is 49.1 Å². The minimum Gasteiger partial charge on any atom is -0.393 e. The Labute approximate surface area is 335 Å². The lowest BCUT2D eigenvalue weighted by Gasteiger charge is -2.54. The number of aliphatic hydroxyl groups excluding tert-OH is 2. The number of nitrogens with two attached hydrogens (primary N) is 1. The summed E-state index contributed by atoms with van der Waals surface area (Å²) in [7, 11) is 1.66. The molecule has 54 heavy (non-hydrogen) atoms. The molecule has 7 fully saturated rings. The smallest absolute Gasteiger partial charge is 0.135 e. The topological polar surface area (TPSA) is 148 Å². The van der Waals surface area contributed by atoms with Crippen LogP contribution in [0.1, 0.15) is 104 Å². The molecule has 0 aromatic heterocycles. The molecule has 0 amide bonds. The summed E-state index contributed by atoms with van der Waals surface area (Å²) in [6, 6.07) is 0. The number of ether oxygens (including phenoxy) is 7. The molecule has 0 saturated carbocycles. The lowest BCUT2D eigenvalue weighted by molar-refractivity contribution is -0.276. The highest BCUT2D eigenvalue weighted by molar-refractivity contribution is 14.1. The Bertz CT molecular complexity index is 1350. The van der Waals surface area contributed by atoms with Crippen LogP contribution in [0.5, 0.6) is 0 Å². The van der Waals surface area contributed by atoms with E-state index in [1.165, 1.54) is 0 Å². The Morgan fingerprint density at radius 3 is 2.41 bits per heavy atom. The van der Waals surface area contributed by atoms with Crippen LogP contribution in [0.2, 0.25) is 0 Å². The highest BCUT2D eigenvalue weighted by Crippen LogP contribution is 2.47. The molecule has 7 saturated heterocycles. The molecule has 19 atom stereocenters. The maximum Gasteiger partial charge on any atom is 0.135 e. The highest BCUT2D eigenvalue weighted by Gasteiger charge is 2.55. The first-order valence-corrected chi connectivity index (χ1v) is 22.1. The molecule has 0 aliphatic carbocycles. The predicted molar refractivity (Wildman–Crippen MR) is 211 cm³/mol. The van der Waals surface area contributed by atoms with Crippen molar-refractivity contribution in [3.05, 3.63) is 24.3 Å². The largest absolute Gasteiger partial charge is 0.393 e. The number of ketones is 1. The van der Waals surface area contributed by atoms with Gasteiger partial charge in [0.2, 0.25) is 0 Å². The minimum atomic E-state index is -0.734. The standard InChI is InChI=1S/C42H66INO10/c1-21-13-27-7-9-32-22(2)14-29(49-32)11-12-42(5)19-31(47)24(4)38-37(43)41(54-42)40-33(53-38)10-8-28(51-40)15-25(45)16-30-35(18-34(50-27)23(21)3)52-36(39(30)48-6)17-26(46)20-44/h21,24,26-41,46-47H,2-3,7-20,44H2,1,4-6H3/t21-,24?,26?,27?,28?,29?,30?,31-,32+,33?,34-,35?,36-,37?,38+,39-,40+,41?,42+/m1/s1. The van der Waals surface area contributed by atoms with Gasteiger partial charge in [-0.1, -0.05) is 49.6 Å². The van der Waals surface area contributed by atoms with Gasteiger partial charge in [-0.15, -0.1) is 0 Å². The first-order chi connectivity index (χ1) is 25.7. The number of halogens is 1. The van der Waals surface area contributed by atoms with Crippen molar-refractivity contribution >= 4 is 28.4 Å². The zero-order valence-electron chi connectivity index (χ0n) is 32.8. The first kappa shape index (κ1) is 41.6. The number of aliphatic hydroxyl groups is 2. The van der Waals surface area contributed by atoms with Gasteiger partial charge in [-0.2, -0.15) is 0 Å². The average Bonchev–Trinajstić information content (AvgIpc) is 3.65. The van der Waals surface area contributed by atoms with E-state index >= 15 is 0 Å². The number of methoxy groups -OCH3 is 1. The number of Topliss-reactive ketones (excluding diaryl/α,β-unsaturated/α-hetero) is 1. The number of hydrogen-bond donors (Lipinski definition) is 3. The number of carbonyl (C=O) groups is 1. The Morgan fingerprint density at radius 1 is 0.907 bits per heavy atom. The Balaban J connectivity index is 1.17. The van der Waals surface area contributed by atoms with Gasteiger partial charge in [0, 0.05) is 57.6 Å². The molecule has 10 unspecified atom stereocenters. The maximum absolute atomic E-state index is 14.1. The van der Waals surface area contributed by atoms with Crippen LogP contribution in [-0.4, -0.2) is 125 Å². The Kier molecular flexibility index (Phi) is 13.4. The van der Waals surface area contributed by atoms with E-state index in [1.807, 2.05) is 0 Å². The molecular weight excluding hydrogens is 805 g/mol. The van der Waals surface area contributed by atoms with Crippen LogP contribution in [0.4, 0.5) is 0 Å². The third-order valence-electron chi connectivity index (χ3n) is 14.1. The fraction of sp³-hybridized carbons (Fsp3) is 0.881. The molecule has 0 spiro atoms. The van der Waals surface area contributed by atoms with Crippen molar-refractivity contribution in [2.24, 2.45) is 23.5 Å². The van der Waals surface area contributed by atoms with Gasteiger partial charge in [0.1, 0.15) is 18.0 Å². The van der Waals surface area contributed by atoms with Crippen molar-refractivity contribution in [3.8, 4) is 0 Å². The third-order valence-corrected chi connectivity index (χ3v) is 15.5. The molecule has 9 bridgehead atoms. The van der Waals surface area contributed by atoms with Crippen LogP contribution in [-0.2, 0) is 38.0 Å². The van der Waals surface area contributed by atoms with Crippen molar-refractivity contribution in [3.63, 3.8) is 0 Å². The molecule has 12 heteroatoms. The van der Waals surface area contributed by atoms with Gasteiger partial charge in [-0.05, 0) is 75.4 Å². The number of carbonyl (C=O) groups excluding carboxylic acids is 1. The Morgan fingerprint density at radius 2 is 1.65 bits per heavy atom. The van der Waals surface area contributed by atoms with Crippen LogP contribution >= 0.6 is 22.6 Å². The quantitative estimate of drug-likeness (QED) is 0.196. The van der Waals surface area contributed by atoms with Crippen LogP contribution in [0, 0.1) is 17.8 Å². The molecule has 7 rings (SSSR count). The van der Waals surface area contributed by atoms with Gasteiger partial charge in [0.25, 0.3) is 0 Å². The minimum absolute atomic E-state index is 0.0268. The van der Waals surface area contributed by atoms with E-state index in [9.17, 15) is 15.0 Å². The van der Waals surface area contributed by atoms with E-state index < -0.39 is 23.9 Å². The maximum atomic E-state index is 14.1. The lowest BCUT2D eigenvalue weighted by Crippen LogP contribution is -2.65. The van der Waals surface area contributed by atoms with Gasteiger partial charge in [0.05, 0.1) is 82.8 Å². The van der Waals surface area contributed by atoms with Crippen LogP contribution < -0.4 is 5.73 Å². The SMILES string of the molecule is C=C1CC2CC[C@@]3(C)C[C@@H](O)C(C)[C@@H]4OC5CCC(CC(=O)CC6C(C[C@H]7OC(CC[C@@H]1O2)C[C@@H](C)C7=C)O[C@H](CC(O)CN)[C@@H]6OC)O[C@@H]5C(O3)C4I. The molecule has 7 heterocycles. The summed E-state index contributed by atoms with van der Waals surface area (Å²) >= 11 is 2.45. The summed E-state index contributed by atoms with van der Waals surface area (Å²) in [5, 5.41) is 22.1. The average molecular weight is 872 g/mol. The fourth-order valence-electron chi connectivity index (χ4n) is 10.8. The Hall–Kier alpha value is -0.520. The van der Waals surface area contributed by atoms with Crippen LogP contribution in [0.25, 0.3) is 0 Å². The fourth-order valence-corrected chi connectivity index (χ4v) is 12.2. The van der Waals surface area contributed by atoms with Crippen molar-refractivity contribution < 1.29 is 48.2 Å². The van der Waals surface area contributed by atoms with E-state index in [1.54, 1.807) is 7.11 Å². The third kappa shape index (κ3) is 8.89. The number of alkyl halides is 1. The molecule has 0 aromatic rings. The molecule has 11 nitrogen and oxygen atoms in total. The molecule has 306 valence electrons. The van der Waals surface area contributed by atoms with Crippen LogP contribution in [0.3, 0.4) is 0 Å². The molecular formula is C42H66INO10. The van der Waals surface area contributed by atoms with E-state index in [0.29, 0.717) is 25.7 Å². The normalized spacial score (nSPS) is 49.8. The monoisotopic (exact) mass is 871 g/mol. The second kappa shape index (κ2) is 17.4. The predicted octanol–water partition coefficient (Wildman–Crippen LogP) is 5.13. The highest BCUT2D eigenvalue weighted by atomic mass is 127. The van der Waals surface area contributed by atoms with Crippen molar-refractivity contribution in [2.75, 3.05) is 13.7 Å². The molecule has 7 aliphatic heterocycles. The number of rotatable bonds is 4. The summed E-state index contributed by atoms with van der Waals surface area (Å²) in [6.45, 7) is 15.5. The van der Waals surface area contributed by atoms with E-state index in [2.05, 4.69) is 56.5 Å². The summed E-state index contributed by atoms with van der Waals surface area (Å²) in [5.74, 6) is 0.0856. The summed E-state index contributed by atoms with van der Waals surface area (Å²) in [6.07, 6.45) is 4.63. The van der Waals surface area contributed by atoms with Crippen molar-refractivity contribution in [2.45, 2.75) is 199 Å². The van der Waals surface area contributed by atoms with Crippen molar-refractivity contribution in [1.29, 1.82) is 0 Å². The molecule has 4 N–H and O–H groups in total. The number of fused-ring (bicyclic) bond motifs is 8. The van der Waals surface area contributed by atoms with E-state index in [-0.39, 0.29) is 114 Å². The number of hydrogen-bond acceptors (Lipinski definition) is 11. The van der Waals surface area contributed by atoms with Gasteiger partial charge in [-0.25, -0.2) is 0 Å². The van der Waals surface area contributed by atoms with Crippen molar-refractivity contribution in [1.82, 2.24) is 0 Å². The zero-order chi connectivity index (χ0) is 38.5. The summed E-state index contributed by atoms with van der Waals surface area (Å²) in [5.41, 5.74) is 7.42. The summed E-state index contributed by atoms with van der Waals surface area (Å²) < 4.78 is 46.9. The van der Waals surface area contributed by atoms with E-state index in [4.69, 9.17) is 38.9 Å². The first-order valence-electron chi connectivity index (χ1n) is 20.8. The van der Waals surface area contributed by atoms with Gasteiger partial charge >= 0.3 is 0 Å². The molecule has 0 radical (unpaired) electrons. The molecule has 0 aromatic carbocycles. The second-order valence-corrected chi connectivity index (χ2v) is 19.6. The second-order valence-electron chi connectivity index (χ2n) is 18.1. The lowest BCUT2D eigenvalue weighted by atomic mass is 9.78. The van der Waals surface area contributed by atoms with Gasteiger partial charge in [-0.3, -0.25) is 4.79 Å². The van der Waals surface area contributed by atoms with E-state index in [0.717, 1.165) is 56.1 Å². The molecule has 7 aliphatic rings. The zero-order valence-corrected chi connectivity index (χ0v) is 35.0. The van der Waals surface area contributed by atoms with Crippen LogP contribution in [0.15, 0.2) is 24.3 Å². The van der Waals surface area contributed by atoms with Gasteiger partial charge in [0.15, 0.2) is 0 Å².